The van der Waals surface area contributed by atoms with Gasteiger partial charge in [-0.25, -0.2) is 4.98 Å². The van der Waals surface area contributed by atoms with Gasteiger partial charge in [-0.2, -0.15) is 22.7 Å². The van der Waals surface area contributed by atoms with Gasteiger partial charge in [-0.3, -0.25) is 4.98 Å². The van der Waals surface area contributed by atoms with Gasteiger partial charge in [-0.1, -0.05) is 6.07 Å². The topological polar surface area (TPSA) is 68.0 Å². The van der Waals surface area contributed by atoms with E-state index in [0.717, 1.165) is 12.1 Å². The monoisotopic (exact) mass is 370 g/mol. The van der Waals surface area contributed by atoms with Crippen LogP contribution in [-0.4, -0.2) is 24.6 Å². The first-order valence-electron chi connectivity index (χ1n) is 7.99. The van der Waals surface area contributed by atoms with Gasteiger partial charge in [0.25, 0.3) is 5.78 Å². The van der Waals surface area contributed by atoms with Gasteiger partial charge in [-0.15, -0.1) is 5.10 Å². The third-order valence-corrected chi connectivity index (χ3v) is 3.82. The van der Waals surface area contributed by atoms with E-state index in [4.69, 9.17) is 0 Å². The number of aryl methyl sites for hydroxylation is 1. The predicted octanol–water partition coefficient (Wildman–Crippen LogP) is 4.26. The lowest BCUT2D eigenvalue weighted by atomic mass is 10.2. The molecule has 0 saturated heterocycles. The Morgan fingerprint density at radius 2 is 1.89 bits per heavy atom. The molecule has 0 fully saturated rings. The second-order valence-electron chi connectivity index (χ2n) is 5.88. The second-order valence-corrected chi connectivity index (χ2v) is 5.88. The molecule has 4 aromatic rings. The first-order valence-corrected chi connectivity index (χ1v) is 7.99. The highest BCUT2D eigenvalue weighted by Gasteiger charge is 2.30. The molecule has 3 aromatic heterocycles. The molecule has 0 radical (unpaired) electrons. The largest absolute Gasteiger partial charge is 0.416 e. The normalized spacial score (nSPS) is 11.7. The van der Waals surface area contributed by atoms with Crippen LogP contribution in [0.1, 0.15) is 11.3 Å². The van der Waals surface area contributed by atoms with Crippen molar-refractivity contribution in [3.8, 4) is 11.4 Å². The molecular formula is C18H13F3N6. The van der Waals surface area contributed by atoms with Crippen molar-refractivity contribution >= 4 is 17.3 Å². The number of alkyl halides is 3. The summed E-state index contributed by atoms with van der Waals surface area (Å²) in [5.41, 5.74) is 0.923. The van der Waals surface area contributed by atoms with Crippen molar-refractivity contribution in [2.24, 2.45) is 0 Å². The first kappa shape index (κ1) is 17.0. The molecule has 0 aliphatic heterocycles. The van der Waals surface area contributed by atoms with Gasteiger partial charge in [0.2, 0.25) is 0 Å². The Kier molecular flexibility index (Phi) is 3.98. The molecule has 0 aliphatic carbocycles. The van der Waals surface area contributed by atoms with Gasteiger partial charge in [0.15, 0.2) is 5.82 Å². The van der Waals surface area contributed by atoms with Crippen LogP contribution >= 0.6 is 0 Å². The number of hydrogen-bond donors (Lipinski definition) is 1. The van der Waals surface area contributed by atoms with Crippen molar-refractivity contribution in [1.82, 2.24) is 24.6 Å². The summed E-state index contributed by atoms with van der Waals surface area (Å²) < 4.78 is 40.3. The summed E-state index contributed by atoms with van der Waals surface area (Å²) in [5, 5.41) is 7.38. The van der Waals surface area contributed by atoms with E-state index in [2.05, 4.69) is 25.4 Å². The minimum absolute atomic E-state index is 0.287. The summed E-state index contributed by atoms with van der Waals surface area (Å²) >= 11 is 0. The average Bonchev–Trinajstić information content (AvgIpc) is 3.06. The maximum atomic E-state index is 12.9. The Balaban J connectivity index is 1.77. The summed E-state index contributed by atoms with van der Waals surface area (Å²) in [6.45, 7) is 1.77. The molecule has 0 atom stereocenters. The molecule has 0 saturated carbocycles. The van der Waals surface area contributed by atoms with E-state index in [9.17, 15) is 13.2 Å². The van der Waals surface area contributed by atoms with E-state index in [1.807, 2.05) is 6.07 Å². The zero-order valence-electron chi connectivity index (χ0n) is 14.1. The molecule has 1 N–H and O–H groups in total. The molecular weight excluding hydrogens is 357 g/mol. The predicted molar refractivity (Wildman–Crippen MR) is 93.5 cm³/mol. The summed E-state index contributed by atoms with van der Waals surface area (Å²) in [4.78, 5) is 12.8. The summed E-state index contributed by atoms with van der Waals surface area (Å²) in [6.07, 6.45) is -1.15. The SMILES string of the molecule is Cc1cc(Nc2cccc(C(F)(F)F)c2)n2nc(-c3cccnc3)nc2n1. The maximum Gasteiger partial charge on any atom is 0.416 e. The lowest BCUT2D eigenvalue weighted by Gasteiger charge is -2.11. The van der Waals surface area contributed by atoms with Crippen molar-refractivity contribution in [2.75, 3.05) is 5.32 Å². The van der Waals surface area contributed by atoms with E-state index >= 15 is 0 Å². The van der Waals surface area contributed by atoms with Crippen molar-refractivity contribution in [3.05, 3.63) is 66.1 Å². The molecule has 6 nitrogen and oxygen atoms in total. The van der Waals surface area contributed by atoms with Crippen molar-refractivity contribution in [1.29, 1.82) is 0 Å². The fraction of sp³-hybridized carbons (Fsp3) is 0.111. The van der Waals surface area contributed by atoms with Gasteiger partial charge < -0.3 is 5.32 Å². The summed E-state index contributed by atoms with van der Waals surface area (Å²) in [7, 11) is 0. The Hall–Kier alpha value is -3.49. The van der Waals surface area contributed by atoms with Gasteiger partial charge >= 0.3 is 6.18 Å². The number of benzene rings is 1. The second kappa shape index (κ2) is 6.35. The molecule has 9 heteroatoms. The number of hydrogen-bond acceptors (Lipinski definition) is 5. The van der Waals surface area contributed by atoms with Crippen LogP contribution in [-0.2, 0) is 6.18 Å². The van der Waals surface area contributed by atoms with Crippen molar-refractivity contribution in [3.63, 3.8) is 0 Å². The maximum absolute atomic E-state index is 12.9. The minimum Gasteiger partial charge on any atom is -0.340 e. The fourth-order valence-corrected chi connectivity index (χ4v) is 2.61. The van der Waals surface area contributed by atoms with Crippen LogP contribution in [0.3, 0.4) is 0 Å². The van der Waals surface area contributed by atoms with Gasteiger partial charge in [0.05, 0.1) is 5.56 Å². The number of aromatic nitrogens is 5. The number of halogens is 3. The van der Waals surface area contributed by atoms with E-state index < -0.39 is 11.7 Å². The smallest absolute Gasteiger partial charge is 0.340 e. The highest BCUT2D eigenvalue weighted by atomic mass is 19.4. The molecule has 4 rings (SSSR count). The zero-order valence-corrected chi connectivity index (χ0v) is 14.1. The van der Waals surface area contributed by atoms with E-state index in [1.165, 1.54) is 10.6 Å². The molecule has 3 heterocycles. The van der Waals surface area contributed by atoms with Gasteiger partial charge in [0.1, 0.15) is 5.82 Å². The third kappa shape index (κ3) is 3.43. The number of rotatable bonds is 3. The number of fused-ring (bicyclic) bond motifs is 1. The number of nitrogens with zero attached hydrogens (tertiary/aromatic N) is 5. The summed E-state index contributed by atoms with van der Waals surface area (Å²) in [5.74, 6) is 1.22. The quantitative estimate of drug-likeness (QED) is 0.584. The molecule has 0 unspecified atom stereocenters. The Morgan fingerprint density at radius 3 is 2.63 bits per heavy atom. The highest BCUT2D eigenvalue weighted by molar-refractivity contribution is 5.62. The van der Waals surface area contributed by atoms with Crippen LogP contribution in [0.4, 0.5) is 24.7 Å². The molecule has 0 amide bonds. The molecule has 27 heavy (non-hydrogen) atoms. The van der Waals surface area contributed by atoms with E-state index in [1.54, 1.807) is 37.5 Å². The van der Waals surface area contributed by atoms with Crippen molar-refractivity contribution in [2.45, 2.75) is 13.1 Å². The molecule has 0 bridgehead atoms. The van der Waals surface area contributed by atoms with E-state index in [0.29, 0.717) is 28.7 Å². The lowest BCUT2D eigenvalue weighted by molar-refractivity contribution is -0.137. The lowest BCUT2D eigenvalue weighted by Crippen LogP contribution is -2.06. The van der Waals surface area contributed by atoms with Crippen LogP contribution in [0.2, 0.25) is 0 Å². The van der Waals surface area contributed by atoms with Crippen LogP contribution in [0.25, 0.3) is 17.2 Å². The number of nitrogens with one attached hydrogen (secondary N) is 1. The average molecular weight is 370 g/mol. The third-order valence-electron chi connectivity index (χ3n) is 3.82. The van der Waals surface area contributed by atoms with Gasteiger partial charge in [0, 0.05) is 35.4 Å². The van der Waals surface area contributed by atoms with Crippen LogP contribution in [0, 0.1) is 6.92 Å². The van der Waals surface area contributed by atoms with Crippen LogP contribution < -0.4 is 5.32 Å². The molecule has 1 aromatic carbocycles. The minimum atomic E-state index is -4.41. The highest BCUT2D eigenvalue weighted by Crippen LogP contribution is 2.31. The Bertz CT molecular complexity index is 1110. The fourth-order valence-electron chi connectivity index (χ4n) is 2.61. The van der Waals surface area contributed by atoms with Gasteiger partial charge in [-0.05, 0) is 37.3 Å². The number of anilines is 2. The Labute approximate surface area is 151 Å². The Morgan fingerprint density at radius 1 is 1.04 bits per heavy atom. The van der Waals surface area contributed by atoms with E-state index in [-0.39, 0.29) is 5.69 Å². The first-order chi connectivity index (χ1) is 12.9. The van der Waals surface area contributed by atoms with Crippen LogP contribution in [0.15, 0.2) is 54.9 Å². The molecule has 0 spiro atoms. The van der Waals surface area contributed by atoms with Crippen LogP contribution in [0.5, 0.6) is 0 Å². The molecule has 136 valence electrons. The van der Waals surface area contributed by atoms with Crippen molar-refractivity contribution < 1.29 is 13.2 Å². The zero-order chi connectivity index (χ0) is 19.0. The standard InChI is InChI=1S/C18H13F3N6/c1-11-8-15(24-14-6-2-5-13(9-14)18(19,20)21)27-17(23-11)25-16(26-27)12-4-3-7-22-10-12/h2-10,24H,1H3. The number of pyridine rings is 1. The molecule has 0 aliphatic rings. The summed E-state index contributed by atoms with van der Waals surface area (Å²) in [6, 6.07) is 10.2.